The maximum atomic E-state index is 6.22. The van der Waals surface area contributed by atoms with Gasteiger partial charge in [0.2, 0.25) is 0 Å². The molecule has 1 aliphatic carbocycles. The zero-order chi connectivity index (χ0) is 15.2. The molecule has 1 fully saturated rings. The molecule has 1 N–H and O–H groups in total. The molecular weight excluding hydrogens is 274 g/mol. The first kappa shape index (κ1) is 15.1. The standard InChI is InChI=1S/C18H25N3O/c1-21(11-10-15-12-19-20-13-15)14-16-6-2-5-9-18(16)22-17-7-3-4-8-17/h2,5-6,9,12-13,17H,3-4,7-8,10-11,14H2,1H3,(H,19,20). The zero-order valence-corrected chi connectivity index (χ0v) is 13.3. The van der Waals surface area contributed by atoms with E-state index in [0.29, 0.717) is 6.10 Å². The summed E-state index contributed by atoms with van der Waals surface area (Å²) in [6.07, 6.45) is 10.3. The molecule has 0 spiro atoms. The zero-order valence-electron chi connectivity index (χ0n) is 13.3. The number of nitrogens with one attached hydrogen (secondary N) is 1. The molecule has 0 aliphatic heterocycles. The molecular formula is C18H25N3O. The van der Waals surface area contributed by atoms with Crippen molar-refractivity contribution in [1.29, 1.82) is 0 Å². The van der Waals surface area contributed by atoms with Gasteiger partial charge < -0.3 is 9.64 Å². The average molecular weight is 299 g/mol. The van der Waals surface area contributed by atoms with Gasteiger partial charge in [-0.15, -0.1) is 0 Å². The summed E-state index contributed by atoms with van der Waals surface area (Å²) in [5.74, 6) is 1.06. The van der Waals surface area contributed by atoms with Crippen LogP contribution in [0.3, 0.4) is 0 Å². The smallest absolute Gasteiger partial charge is 0.124 e. The van der Waals surface area contributed by atoms with Crippen LogP contribution in [0.15, 0.2) is 36.7 Å². The maximum Gasteiger partial charge on any atom is 0.124 e. The average Bonchev–Trinajstić information content (AvgIpc) is 3.20. The predicted octanol–water partition coefficient (Wildman–Crippen LogP) is 3.41. The second-order valence-electron chi connectivity index (χ2n) is 6.23. The molecule has 4 nitrogen and oxygen atoms in total. The van der Waals surface area contributed by atoms with Crippen LogP contribution >= 0.6 is 0 Å². The van der Waals surface area contributed by atoms with Crippen LogP contribution in [0.1, 0.15) is 36.8 Å². The van der Waals surface area contributed by atoms with Crippen molar-refractivity contribution in [3.63, 3.8) is 0 Å². The lowest BCUT2D eigenvalue weighted by Crippen LogP contribution is -2.21. The molecule has 22 heavy (non-hydrogen) atoms. The molecule has 2 aromatic rings. The number of hydrogen-bond acceptors (Lipinski definition) is 3. The Morgan fingerprint density at radius 2 is 2.09 bits per heavy atom. The number of ether oxygens (including phenoxy) is 1. The van der Waals surface area contributed by atoms with E-state index in [9.17, 15) is 0 Å². The van der Waals surface area contributed by atoms with Crippen LogP contribution < -0.4 is 4.74 Å². The first-order valence-electron chi connectivity index (χ1n) is 8.22. The number of nitrogens with zero attached hydrogens (tertiary/aromatic N) is 2. The number of rotatable bonds is 7. The number of H-pyrrole nitrogens is 1. The van der Waals surface area contributed by atoms with Crippen molar-refractivity contribution in [3.05, 3.63) is 47.8 Å². The van der Waals surface area contributed by atoms with Gasteiger partial charge in [0, 0.05) is 24.8 Å². The van der Waals surface area contributed by atoms with Gasteiger partial charge in [-0.3, -0.25) is 5.10 Å². The van der Waals surface area contributed by atoms with Gasteiger partial charge in [-0.1, -0.05) is 18.2 Å². The fourth-order valence-electron chi connectivity index (χ4n) is 3.04. The number of aromatic amines is 1. The molecule has 1 saturated carbocycles. The minimum absolute atomic E-state index is 0.414. The van der Waals surface area contributed by atoms with Gasteiger partial charge in [0.15, 0.2) is 0 Å². The Kier molecular flexibility index (Phi) is 5.11. The summed E-state index contributed by atoms with van der Waals surface area (Å²) in [5, 5.41) is 6.86. The summed E-state index contributed by atoms with van der Waals surface area (Å²) in [6.45, 7) is 1.93. The van der Waals surface area contributed by atoms with E-state index in [-0.39, 0.29) is 0 Å². The Labute approximate surface area is 132 Å². The van der Waals surface area contributed by atoms with Crippen molar-refractivity contribution in [2.75, 3.05) is 13.6 Å². The lowest BCUT2D eigenvalue weighted by atomic mass is 10.1. The molecule has 0 radical (unpaired) electrons. The molecule has 0 atom stereocenters. The van der Waals surface area contributed by atoms with Crippen LogP contribution in [0.5, 0.6) is 5.75 Å². The van der Waals surface area contributed by atoms with Gasteiger partial charge in [-0.2, -0.15) is 5.10 Å². The van der Waals surface area contributed by atoms with Crippen molar-refractivity contribution in [2.45, 2.75) is 44.8 Å². The van der Waals surface area contributed by atoms with Crippen molar-refractivity contribution < 1.29 is 4.74 Å². The Bertz CT molecular complexity index is 561. The Morgan fingerprint density at radius 1 is 1.27 bits per heavy atom. The third-order valence-corrected chi connectivity index (χ3v) is 4.35. The van der Waals surface area contributed by atoms with Gasteiger partial charge in [0.05, 0.1) is 12.3 Å². The third-order valence-electron chi connectivity index (χ3n) is 4.35. The molecule has 118 valence electrons. The largest absolute Gasteiger partial charge is 0.490 e. The molecule has 0 amide bonds. The molecule has 0 saturated heterocycles. The fraction of sp³-hybridized carbons (Fsp3) is 0.500. The van der Waals surface area contributed by atoms with Gasteiger partial charge in [-0.25, -0.2) is 0 Å². The van der Waals surface area contributed by atoms with E-state index < -0.39 is 0 Å². The fourth-order valence-corrected chi connectivity index (χ4v) is 3.04. The monoisotopic (exact) mass is 299 g/mol. The van der Waals surface area contributed by atoms with Crippen molar-refractivity contribution >= 4 is 0 Å². The highest BCUT2D eigenvalue weighted by Gasteiger charge is 2.18. The van der Waals surface area contributed by atoms with Crippen molar-refractivity contribution in [2.24, 2.45) is 0 Å². The minimum atomic E-state index is 0.414. The number of likely N-dealkylation sites (N-methyl/N-ethyl adjacent to an activating group) is 1. The number of benzene rings is 1. The van der Waals surface area contributed by atoms with Gasteiger partial charge in [0.1, 0.15) is 5.75 Å². The summed E-state index contributed by atoms with van der Waals surface area (Å²) in [7, 11) is 2.16. The molecule has 4 heteroatoms. The normalized spacial score (nSPS) is 15.5. The van der Waals surface area contributed by atoms with Gasteiger partial charge in [-0.05, 0) is 50.8 Å². The maximum absolute atomic E-state index is 6.22. The van der Waals surface area contributed by atoms with E-state index in [0.717, 1.165) is 25.3 Å². The summed E-state index contributed by atoms with van der Waals surface area (Å²) in [4.78, 5) is 2.34. The summed E-state index contributed by atoms with van der Waals surface area (Å²) in [6, 6.07) is 8.45. The minimum Gasteiger partial charge on any atom is -0.490 e. The van der Waals surface area contributed by atoms with Crippen LogP contribution in [-0.2, 0) is 13.0 Å². The number of aromatic nitrogens is 2. The topological polar surface area (TPSA) is 41.2 Å². The molecule has 1 aliphatic rings. The first-order valence-corrected chi connectivity index (χ1v) is 8.22. The van der Waals surface area contributed by atoms with Crippen LogP contribution in [-0.4, -0.2) is 34.8 Å². The first-order chi connectivity index (χ1) is 10.8. The second-order valence-corrected chi connectivity index (χ2v) is 6.23. The van der Waals surface area contributed by atoms with Gasteiger partial charge >= 0.3 is 0 Å². The van der Waals surface area contributed by atoms with Crippen molar-refractivity contribution in [1.82, 2.24) is 15.1 Å². The van der Waals surface area contributed by atoms with Crippen LogP contribution in [0.25, 0.3) is 0 Å². The van der Waals surface area contributed by atoms with E-state index in [2.05, 4.69) is 46.4 Å². The summed E-state index contributed by atoms with van der Waals surface area (Å²) >= 11 is 0. The molecule has 3 rings (SSSR count). The van der Waals surface area contributed by atoms with Crippen LogP contribution in [0, 0.1) is 0 Å². The number of hydrogen-bond donors (Lipinski definition) is 1. The lowest BCUT2D eigenvalue weighted by molar-refractivity contribution is 0.204. The molecule has 1 aromatic heterocycles. The third kappa shape index (κ3) is 4.10. The van der Waals surface area contributed by atoms with E-state index in [1.54, 1.807) is 0 Å². The molecule has 0 unspecified atom stereocenters. The SMILES string of the molecule is CN(CCc1cn[nH]c1)Cc1ccccc1OC1CCCC1. The highest BCUT2D eigenvalue weighted by atomic mass is 16.5. The molecule has 0 bridgehead atoms. The van der Waals surface area contributed by atoms with E-state index in [1.165, 1.54) is 36.8 Å². The number of para-hydroxylation sites is 1. The predicted molar refractivity (Wildman–Crippen MR) is 88.0 cm³/mol. The Morgan fingerprint density at radius 3 is 2.86 bits per heavy atom. The van der Waals surface area contributed by atoms with E-state index in [1.807, 2.05) is 12.4 Å². The van der Waals surface area contributed by atoms with E-state index in [4.69, 9.17) is 4.74 Å². The summed E-state index contributed by atoms with van der Waals surface area (Å²) in [5.41, 5.74) is 2.53. The Hall–Kier alpha value is -1.81. The highest BCUT2D eigenvalue weighted by molar-refractivity contribution is 5.33. The van der Waals surface area contributed by atoms with Gasteiger partial charge in [0.25, 0.3) is 0 Å². The quantitative estimate of drug-likeness (QED) is 0.852. The second kappa shape index (κ2) is 7.45. The molecule has 1 aromatic carbocycles. The van der Waals surface area contributed by atoms with Crippen LogP contribution in [0.4, 0.5) is 0 Å². The van der Waals surface area contributed by atoms with Crippen molar-refractivity contribution in [3.8, 4) is 5.75 Å². The highest BCUT2D eigenvalue weighted by Crippen LogP contribution is 2.27. The van der Waals surface area contributed by atoms with Crippen LogP contribution in [0.2, 0.25) is 0 Å². The molecule has 1 heterocycles. The Balaban J connectivity index is 1.56. The lowest BCUT2D eigenvalue weighted by Gasteiger charge is -2.20. The van der Waals surface area contributed by atoms with E-state index >= 15 is 0 Å². The summed E-state index contributed by atoms with van der Waals surface area (Å²) < 4.78 is 6.22.